The van der Waals surface area contributed by atoms with Gasteiger partial charge in [-0.15, -0.1) is 0 Å². The zero-order valence-corrected chi connectivity index (χ0v) is 17.5. The van der Waals surface area contributed by atoms with Crippen molar-refractivity contribution in [2.45, 2.75) is 6.92 Å². The third kappa shape index (κ3) is 3.75. The fraction of sp³-hybridized carbons (Fsp3) is 0.174. The number of benzene rings is 2. The number of hydrogen-bond donors (Lipinski definition) is 1. The molecule has 0 aliphatic heterocycles. The van der Waals surface area contributed by atoms with Gasteiger partial charge in [0, 0.05) is 19.7 Å². The van der Waals surface area contributed by atoms with Crippen LogP contribution >= 0.6 is 0 Å². The molecule has 8 nitrogen and oxygen atoms in total. The van der Waals surface area contributed by atoms with Crippen LogP contribution in [0.2, 0.25) is 0 Å². The summed E-state index contributed by atoms with van der Waals surface area (Å²) in [4.78, 5) is 38.0. The Kier molecular flexibility index (Phi) is 5.21. The first-order chi connectivity index (χ1) is 14.9. The standard InChI is InChI=1S/C23H22N4O4/c1-15-9-11-16(12-10-15)21-20-18(25(2)23(30)26(3)22(20)29)13-27(21)24-19(28)14-31-17-7-5-4-6-8-17/h4-13H,14H2,1-3H3,(H,24,28). The number of nitrogens with zero attached hydrogens (tertiary/aromatic N) is 3. The molecule has 0 radical (unpaired) electrons. The maximum atomic E-state index is 13.0. The minimum absolute atomic E-state index is 0.206. The van der Waals surface area contributed by atoms with Crippen LogP contribution in [-0.4, -0.2) is 26.3 Å². The highest BCUT2D eigenvalue weighted by atomic mass is 16.5. The fourth-order valence-electron chi connectivity index (χ4n) is 3.46. The first-order valence-electron chi connectivity index (χ1n) is 9.72. The highest BCUT2D eigenvalue weighted by Crippen LogP contribution is 2.27. The molecule has 0 aliphatic carbocycles. The van der Waals surface area contributed by atoms with Gasteiger partial charge in [-0.05, 0) is 19.1 Å². The molecule has 2 aromatic carbocycles. The average molecular weight is 418 g/mol. The number of carbonyl (C=O) groups is 1. The molecule has 0 spiro atoms. The molecule has 0 fully saturated rings. The summed E-state index contributed by atoms with van der Waals surface area (Å²) in [7, 11) is 3.03. The predicted octanol–water partition coefficient (Wildman–Crippen LogP) is 2.16. The van der Waals surface area contributed by atoms with Crippen molar-refractivity contribution in [3.05, 3.63) is 87.2 Å². The second-order valence-electron chi connectivity index (χ2n) is 7.32. The number of para-hydroxylation sites is 1. The molecule has 0 unspecified atom stereocenters. The van der Waals surface area contributed by atoms with E-state index < -0.39 is 17.2 Å². The van der Waals surface area contributed by atoms with Crippen molar-refractivity contribution in [3.63, 3.8) is 0 Å². The van der Waals surface area contributed by atoms with Crippen molar-refractivity contribution in [3.8, 4) is 17.0 Å². The van der Waals surface area contributed by atoms with E-state index in [2.05, 4.69) is 5.43 Å². The monoisotopic (exact) mass is 418 g/mol. The van der Waals surface area contributed by atoms with E-state index >= 15 is 0 Å². The first kappa shape index (κ1) is 20.2. The zero-order chi connectivity index (χ0) is 22.1. The van der Waals surface area contributed by atoms with E-state index in [9.17, 15) is 14.4 Å². The molecule has 8 heteroatoms. The highest BCUT2D eigenvalue weighted by Gasteiger charge is 2.20. The quantitative estimate of drug-likeness (QED) is 0.538. The summed E-state index contributed by atoms with van der Waals surface area (Å²) >= 11 is 0. The van der Waals surface area contributed by atoms with Crippen molar-refractivity contribution in [2.24, 2.45) is 14.1 Å². The lowest BCUT2D eigenvalue weighted by atomic mass is 10.1. The molecule has 0 atom stereocenters. The van der Waals surface area contributed by atoms with Gasteiger partial charge in [0.05, 0.1) is 22.8 Å². The lowest BCUT2D eigenvalue weighted by molar-refractivity contribution is -0.119. The number of aryl methyl sites for hydroxylation is 2. The Hall–Kier alpha value is -4.07. The van der Waals surface area contributed by atoms with Crippen molar-refractivity contribution in [1.82, 2.24) is 13.8 Å². The van der Waals surface area contributed by atoms with Gasteiger partial charge in [-0.3, -0.25) is 28.8 Å². The van der Waals surface area contributed by atoms with E-state index in [-0.39, 0.29) is 6.61 Å². The van der Waals surface area contributed by atoms with Gasteiger partial charge in [0.15, 0.2) is 6.61 Å². The summed E-state index contributed by atoms with van der Waals surface area (Å²) < 4.78 is 9.44. The SMILES string of the molecule is Cc1ccc(-c2c3c(=O)n(C)c(=O)n(C)c3cn2NC(=O)COc2ccccc2)cc1. The van der Waals surface area contributed by atoms with Crippen LogP contribution in [0.25, 0.3) is 22.2 Å². The first-order valence-corrected chi connectivity index (χ1v) is 9.72. The maximum absolute atomic E-state index is 13.0. The van der Waals surface area contributed by atoms with Gasteiger partial charge < -0.3 is 4.74 Å². The summed E-state index contributed by atoms with van der Waals surface area (Å²) in [6, 6.07) is 16.6. The Balaban J connectivity index is 1.79. The van der Waals surface area contributed by atoms with Gasteiger partial charge in [-0.1, -0.05) is 48.0 Å². The van der Waals surface area contributed by atoms with Gasteiger partial charge in [0.1, 0.15) is 5.75 Å². The molecular weight excluding hydrogens is 396 g/mol. The summed E-state index contributed by atoms with van der Waals surface area (Å²) in [6.07, 6.45) is 1.58. The number of rotatable bonds is 5. The predicted molar refractivity (Wildman–Crippen MR) is 119 cm³/mol. The van der Waals surface area contributed by atoms with Crippen LogP contribution in [0.5, 0.6) is 5.75 Å². The third-order valence-electron chi connectivity index (χ3n) is 5.12. The summed E-state index contributed by atoms with van der Waals surface area (Å²) in [5, 5.41) is 0.345. The minimum Gasteiger partial charge on any atom is -0.484 e. The lowest BCUT2D eigenvalue weighted by Gasteiger charge is -2.12. The second-order valence-corrected chi connectivity index (χ2v) is 7.32. The molecule has 4 rings (SSSR count). The number of ether oxygens (including phenoxy) is 1. The van der Waals surface area contributed by atoms with E-state index in [1.54, 1.807) is 25.4 Å². The van der Waals surface area contributed by atoms with Gasteiger partial charge in [0.25, 0.3) is 11.5 Å². The number of hydrogen-bond acceptors (Lipinski definition) is 4. The summed E-state index contributed by atoms with van der Waals surface area (Å²) in [5.41, 5.74) is 4.62. The highest BCUT2D eigenvalue weighted by molar-refractivity contribution is 5.96. The Labute approximate surface area is 177 Å². The molecule has 2 heterocycles. The number of fused-ring (bicyclic) bond motifs is 1. The number of nitrogens with one attached hydrogen (secondary N) is 1. The van der Waals surface area contributed by atoms with E-state index in [1.807, 2.05) is 49.4 Å². The van der Waals surface area contributed by atoms with Crippen LogP contribution in [-0.2, 0) is 18.9 Å². The van der Waals surface area contributed by atoms with Crippen LogP contribution in [0.3, 0.4) is 0 Å². The molecule has 2 aromatic heterocycles. The normalized spacial score (nSPS) is 10.9. The van der Waals surface area contributed by atoms with Crippen LogP contribution in [0.4, 0.5) is 0 Å². The Morgan fingerprint density at radius 3 is 2.32 bits per heavy atom. The number of amides is 1. The average Bonchev–Trinajstić information content (AvgIpc) is 3.15. The molecule has 158 valence electrons. The Morgan fingerprint density at radius 1 is 0.968 bits per heavy atom. The molecule has 0 saturated heterocycles. The molecule has 0 saturated carbocycles. The van der Waals surface area contributed by atoms with Gasteiger partial charge in [0.2, 0.25) is 0 Å². The van der Waals surface area contributed by atoms with E-state index in [0.29, 0.717) is 22.3 Å². The van der Waals surface area contributed by atoms with Crippen LogP contribution < -0.4 is 21.4 Å². The second kappa shape index (κ2) is 7.98. The van der Waals surface area contributed by atoms with Gasteiger partial charge >= 0.3 is 5.69 Å². The van der Waals surface area contributed by atoms with Crippen molar-refractivity contribution < 1.29 is 9.53 Å². The third-order valence-corrected chi connectivity index (χ3v) is 5.12. The van der Waals surface area contributed by atoms with E-state index in [1.165, 1.54) is 16.3 Å². The topological polar surface area (TPSA) is 87.3 Å². The fourth-order valence-corrected chi connectivity index (χ4v) is 3.46. The van der Waals surface area contributed by atoms with Crippen molar-refractivity contribution in [2.75, 3.05) is 12.0 Å². The molecule has 31 heavy (non-hydrogen) atoms. The molecular formula is C23H22N4O4. The minimum atomic E-state index is -0.441. The number of aromatic nitrogens is 3. The zero-order valence-electron chi connectivity index (χ0n) is 17.5. The van der Waals surface area contributed by atoms with Crippen molar-refractivity contribution >= 4 is 16.8 Å². The van der Waals surface area contributed by atoms with Crippen LogP contribution in [0.15, 0.2) is 70.4 Å². The number of carbonyl (C=O) groups excluding carboxylic acids is 1. The van der Waals surface area contributed by atoms with Crippen LogP contribution in [0.1, 0.15) is 5.56 Å². The molecule has 0 aliphatic rings. The summed E-state index contributed by atoms with van der Waals surface area (Å²) in [6.45, 7) is 1.76. The lowest BCUT2D eigenvalue weighted by Crippen LogP contribution is -2.36. The summed E-state index contributed by atoms with van der Waals surface area (Å²) in [5.74, 6) is 0.171. The molecule has 0 bridgehead atoms. The van der Waals surface area contributed by atoms with Gasteiger partial charge in [-0.2, -0.15) is 0 Å². The Morgan fingerprint density at radius 2 is 1.65 bits per heavy atom. The van der Waals surface area contributed by atoms with E-state index in [4.69, 9.17) is 4.74 Å². The molecule has 4 aromatic rings. The molecule has 1 amide bonds. The smallest absolute Gasteiger partial charge is 0.330 e. The maximum Gasteiger partial charge on any atom is 0.330 e. The van der Waals surface area contributed by atoms with Crippen molar-refractivity contribution in [1.29, 1.82) is 0 Å². The Bertz CT molecular complexity index is 1380. The van der Waals surface area contributed by atoms with Crippen LogP contribution in [0, 0.1) is 6.92 Å². The van der Waals surface area contributed by atoms with Gasteiger partial charge in [-0.25, -0.2) is 4.79 Å². The largest absolute Gasteiger partial charge is 0.484 e. The van der Waals surface area contributed by atoms with E-state index in [0.717, 1.165) is 15.7 Å². The molecule has 1 N–H and O–H groups in total.